The summed E-state index contributed by atoms with van der Waals surface area (Å²) in [4.78, 5) is 11.5. The molecule has 1 aromatic carbocycles. The molecule has 0 bridgehead atoms. The average Bonchev–Trinajstić information content (AvgIpc) is 2.11. The molecule has 13 heavy (non-hydrogen) atoms. The van der Waals surface area contributed by atoms with E-state index in [-0.39, 0.29) is 0 Å². The molecule has 1 aromatic rings. The number of thioether (sulfide) groups is 1. The Labute approximate surface area is 91.4 Å². The molecule has 0 heterocycles. The number of aldehydes is 1. The highest BCUT2D eigenvalue weighted by Crippen LogP contribution is 2.32. The number of carbonyl (C=O) groups excluding carboxylic acids is 1. The van der Waals surface area contributed by atoms with Crippen molar-refractivity contribution >= 4 is 41.2 Å². The van der Waals surface area contributed by atoms with Gasteiger partial charge >= 0.3 is 0 Å². The van der Waals surface area contributed by atoms with Crippen LogP contribution >= 0.6 is 35.0 Å². The van der Waals surface area contributed by atoms with Crippen molar-refractivity contribution in [1.29, 1.82) is 0 Å². The summed E-state index contributed by atoms with van der Waals surface area (Å²) in [6.45, 7) is 2.02. The van der Waals surface area contributed by atoms with Crippen molar-refractivity contribution in [3.8, 4) is 0 Å². The molecule has 0 spiro atoms. The summed E-state index contributed by atoms with van der Waals surface area (Å²) < 4.78 is 0. The Morgan fingerprint density at radius 1 is 1.46 bits per heavy atom. The van der Waals surface area contributed by atoms with E-state index >= 15 is 0 Å². The summed E-state index contributed by atoms with van der Waals surface area (Å²) in [7, 11) is 0. The third-order valence-corrected chi connectivity index (χ3v) is 3.30. The van der Waals surface area contributed by atoms with Crippen LogP contribution in [0.2, 0.25) is 10.0 Å². The van der Waals surface area contributed by atoms with Crippen molar-refractivity contribution in [2.45, 2.75) is 11.8 Å². The maximum absolute atomic E-state index is 10.6. The topological polar surface area (TPSA) is 17.1 Å². The summed E-state index contributed by atoms with van der Waals surface area (Å²) in [6.07, 6.45) is 0.685. The monoisotopic (exact) mass is 234 g/mol. The van der Waals surface area contributed by atoms with Crippen LogP contribution in [0.1, 0.15) is 17.3 Å². The number of hydrogen-bond acceptors (Lipinski definition) is 2. The van der Waals surface area contributed by atoms with Crippen LogP contribution in [0, 0.1) is 0 Å². The number of hydrogen-bond donors (Lipinski definition) is 0. The lowest BCUT2D eigenvalue weighted by Crippen LogP contribution is -1.86. The lowest BCUT2D eigenvalue weighted by atomic mass is 10.2. The van der Waals surface area contributed by atoms with Crippen molar-refractivity contribution in [3.05, 3.63) is 27.7 Å². The standard InChI is InChI=1S/C9H8Cl2OS/c1-2-13-8-4-3-7(10)6(5-12)9(8)11/h3-5H,2H2,1H3. The van der Waals surface area contributed by atoms with E-state index in [0.29, 0.717) is 21.9 Å². The van der Waals surface area contributed by atoms with Crippen LogP contribution in [-0.4, -0.2) is 12.0 Å². The fraction of sp³-hybridized carbons (Fsp3) is 0.222. The van der Waals surface area contributed by atoms with Gasteiger partial charge in [0.25, 0.3) is 0 Å². The minimum absolute atomic E-state index is 0.377. The molecule has 4 heteroatoms. The quantitative estimate of drug-likeness (QED) is 0.583. The molecular formula is C9H8Cl2OS. The third-order valence-electron chi connectivity index (χ3n) is 1.51. The Morgan fingerprint density at radius 2 is 2.15 bits per heavy atom. The van der Waals surface area contributed by atoms with Gasteiger partial charge in [0.15, 0.2) is 6.29 Å². The van der Waals surface area contributed by atoms with E-state index in [4.69, 9.17) is 23.2 Å². The Balaban J connectivity index is 3.19. The Kier molecular flexibility index (Phi) is 4.10. The first-order valence-corrected chi connectivity index (χ1v) is 5.50. The zero-order valence-corrected chi connectivity index (χ0v) is 9.34. The van der Waals surface area contributed by atoms with Gasteiger partial charge in [-0.05, 0) is 17.9 Å². The zero-order valence-electron chi connectivity index (χ0n) is 7.01. The van der Waals surface area contributed by atoms with E-state index in [9.17, 15) is 4.79 Å². The van der Waals surface area contributed by atoms with Gasteiger partial charge in [0, 0.05) is 4.90 Å². The fourth-order valence-corrected chi connectivity index (χ4v) is 2.26. The van der Waals surface area contributed by atoms with Crippen LogP contribution in [-0.2, 0) is 0 Å². The van der Waals surface area contributed by atoms with Gasteiger partial charge in [-0.1, -0.05) is 30.1 Å². The first kappa shape index (κ1) is 10.9. The fourth-order valence-electron chi connectivity index (χ4n) is 0.924. The Bertz CT molecular complexity index is 326. The van der Waals surface area contributed by atoms with E-state index < -0.39 is 0 Å². The molecule has 0 amide bonds. The minimum atomic E-state index is 0.377. The molecule has 0 aliphatic rings. The molecule has 70 valence electrons. The van der Waals surface area contributed by atoms with Gasteiger partial charge in [-0.3, -0.25) is 4.79 Å². The molecule has 0 atom stereocenters. The summed E-state index contributed by atoms with van der Waals surface area (Å²) in [5, 5.41) is 0.856. The third kappa shape index (κ3) is 2.39. The van der Waals surface area contributed by atoms with Crippen LogP contribution in [0.25, 0.3) is 0 Å². The molecule has 0 radical (unpaired) electrons. The van der Waals surface area contributed by atoms with Gasteiger partial charge in [0.2, 0.25) is 0 Å². The second-order valence-electron chi connectivity index (χ2n) is 2.32. The van der Waals surface area contributed by atoms with E-state index in [1.807, 2.05) is 13.0 Å². The predicted octanol–water partition coefficient (Wildman–Crippen LogP) is 3.92. The van der Waals surface area contributed by atoms with Gasteiger partial charge in [-0.15, -0.1) is 11.8 Å². The molecule has 0 saturated heterocycles. The first-order chi connectivity index (χ1) is 6.20. The van der Waals surface area contributed by atoms with Crippen LogP contribution in [0.5, 0.6) is 0 Å². The predicted molar refractivity (Wildman–Crippen MR) is 58.2 cm³/mol. The second kappa shape index (κ2) is 4.89. The molecule has 1 rings (SSSR count). The average molecular weight is 235 g/mol. The van der Waals surface area contributed by atoms with Crippen molar-refractivity contribution in [2.24, 2.45) is 0 Å². The molecule has 1 nitrogen and oxygen atoms in total. The van der Waals surface area contributed by atoms with Gasteiger partial charge in [-0.25, -0.2) is 0 Å². The normalized spacial score (nSPS) is 10.1. The molecule has 0 aromatic heterocycles. The molecular weight excluding hydrogens is 227 g/mol. The van der Waals surface area contributed by atoms with Gasteiger partial charge in [0.1, 0.15) is 0 Å². The largest absolute Gasteiger partial charge is 0.298 e. The van der Waals surface area contributed by atoms with Crippen LogP contribution in [0.3, 0.4) is 0 Å². The SMILES string of the molecule is CCSc1ccc(Cl)c(C=O)c1Cl. The second-order valence-corrected chi connectivity index (χ2v) is 4.42. The number of carbonyl (C=O) groups is 1. The lowest BCUT2D eigenvalue weighted by Gasteiger charge is -2.05. The smallest absolute Gasteiger partial charge is 0.153 e. The van der Waals surface area contributed by atoms with Gasteiger partial charge in [-0.2, -0.15) is 0 Å². The Morgan fingerprint density at radius 3 is 2.69 bits per heavy atom. The summed E-state index contributed by atoms with van der Waals surface area (Å²) >= 11 is 13.3. The molecule has 0 saturated carbocycles. The minimum Gasteiger partial charge on any atom is -0.298 e. The first-order valence-electron chi connectivity index (χ1n) is 3.76. The summed E-state index contributed by atoms with van der Waals surface area (Å²) in [5.74, 6) is 0.916. The lowest BCUT2D eigenvalue weighted by molar-refractivity contribution is 0.112. The van der Waals surface area contributed by atoms with Crippen molar-refractivity contribution in [1.82, 2.24) is 0 Å². The number of rotatable bonds is 3. The van der Waals surface area contributed by atoms with E-state index in [1.165, 1.54) is 0 Å². The van der Waals surface area contributed by atoms with Crippen molar-refractivity contribution in [2.75, 3.05) is 5.75 Å². The van der Waals surface area contributed by atoms with E-state index in [0.717, 1.165) is 10.6 Å². The van der Waals surface area contributed by atoms with Gasteiger partial charge < -0.3 is 0 Å². The highest BCUT2D eigenvalue weighted by molar-refractivity contribution is 7.99. The number of benzene rings is 1. The zero-order chi connectivity index (χ0) is 9.84. The maximum Gasteiger partial charge on any atom is 0.153 e. The van der Waals surface area contributed by atoms with Crippen molar-refractivity contribution < 1.29 is 4.79 Å². The molecule has 0 fully saturated rings. The Hall–Kier alpha value is -0.180. The molecule has 0 aliphatic carbocycles. The van der Waals surface area contributed by atoms with Gasteiger partial charge in [0.05, 0.1) is 15.6 Å². The highest BCUT2D eigenvalue weighted by atomic mass is 35.5. The molecule has 0 aliphatic heterocycles. The van der Waals surface area contributed by atoms with Crippen molar-refractivity contribution in [3.63, 3.8) is 0 Å². The van der Waals surface area contributed by atoms with Crippen LogP contribution < -0.4 is 0 Å². The van der Waals surface area contributed by atoms with Crippen LogP contribution in [0.4, 0.5) is 0 Å². The van der Waals surface area contributed by atoms with Crippen LogP contribution in [0.15, 0.2) is 17.0 Å². The van der Waals surface area contributed by atoms with E-state index in [1.54, 1.807) is 17.8 Å². The molecule has 0 N–H and O–H groups in total. The summed E-state index contributed by atoms with van der Waals surface area (Å²) in [5.41, 5.74) is 0.377. The molecule has 0 unspecified atom stereocenters. The summed E-state index contributed by atoms with van der Waals surface area (Å²) in [6, 6.07) is 3.51. The maximum atomic E-state index is 10.6. The highest BCUT2D eigenvalue weighted by Gasteiger charge is 2.09. The van der Waals surface area contributed by atoms with E-state index in [2.05, 4.69) is 0 Å². The number of halogens is 2.